The summed E-state index contributed by atoms with van der Waals surface area (Å²) < 4.78 is 5.66. The number of ether oxygens (including phenoxy) is 1. The molecule has 1 aromatic heterocycles. The zero-order valence-corrected chi connectivity index (χ0v) is 14.0. The molecule has 0 amide bonds. The molecule has 1 aliphatic heterocycles. The van der Waals surface area contributed by atoms with Crippen molar-refractivity contribution in [1.82, 2.24) is 10.6 Å². The number of thiophene rings is 1. The van der Waals surface area contributed by atoms with Gasteiger partial charge in [-0.1, -0.05) is 26.3 Å². The minimum Gasteiger partial charge on any atom is -0.379 e. The molecule has 0 aromatic carbocycles. The van der Waals surface area contributed by atoms with Crippen LogP contribution in [0.2, 0.25) is 0 Å². The predicted molar refractivity (Wildman–Crippen MR) is 89.1 cm³/mol. The third-order valence-corrected chi connectivity index (χ3v) is 6.27. The molecule has 2 fully saturated rings. The van der Waals surface area contributed by atoms with Gasteiger partial charge in [-0.05, 0) is 30.2 Å². The molecule has 1 saturated heterocycles. The molecule has 2 heterocycles. The van der Waals surface area contributed by atoms with Gasteiger partial charge in [-0.25, -0.2) is 0 Å². The zero-order chi connectivity index (χ0) is 14.7. The molecule has 2 aliphatic rings. The minimum atomic E-state index is 0.220. The van der Waals surface area contributed by atoms with Crippen LogP contribution in [0.1, 0.15) is 38.0 Å². The molecular weight excluding hydrogens is 280 g/mol. The van der Waals surface area contributed by atoms with Gasteiger partial charge >= 0.3 is 0 Å². The Kier molecular flexibility index (Phi) is 4.99. The molecule has 0 radical (unpaired) electrons. The van der Waals surface area contributed by atoms with Gasteiger partial charge in [0.1, 0.15) is 0 Å². The maximum atomic E-state index is 5.66. The first-order chi connectivity index (χ1) is 10.2. The molecule has 4 heteroatoms. The quantitative estimate of drug-likeness (QED) is 0.877. The lowest BCUT2D eigenvalue weighted by molar-refractivity contribution is 0.0522. The van der Waals surface area contributed by atoms with Crippen LogP contribution in [-0.2, 0) is 10.2 Å². The van der Waals surface area contributed by atoms with E-state index in [0.717, 1.165) is 32.2 Å². The second-order valence-corrected chi connectivity index (χ2v) is 8.03. The molecule has 0 bridgehead atoms. The van der Waals surface area contributed by atoms with E-state index in [4.69, 9.17) is 4.74 Å². The summed E-state index contributed by atoms with van der Waals surface area (Å²) in [7, 11) is 0. The fourth-order valence-electron chi connectivity index (χ4n) is 3.72. The normalized spacial score (nSPS) is 30.7. The highest BCUT2D eigenvalue weighted by Gasteiger charge is 2.35. The van der Waals surface area contributed by atoms with Crippen LogP contribution in [0, 0.1) is 5.92 Å². The number of hydrogen-bond acceptors (Lipinski definition) is 4. The SMILES string of the molecule is CC(C)(CNC1CCCC1C1COCCN1)c1cccs1. The average Bonchev–Trinajstić information content (AvgIpc) is 3.18. The van der Waals surface area contributed by atoms with Crippen molar-refractivity contribution < 1.29 is 4.74 Å². The molecule has 3 unspecified atom stereocenters. The Labute approximate surface area is 132 Å². The van der Waals surface area contributed by atoms with Crippen molar-refractivity contribution in [3.8, 4) is 0 Å². The maximum absolute atomic E-state index is 5.66. The lowest BCUT2D eigenvalue weighted by Crippen LogP contribution is -2.52. The predicted octanol–water partition coefficient (Wildman–Crippen LogP) is 2.77. The van der Waals surface area contributed by atoms with Crippen LogP contribution < -0.4 is 10.6 Å². The first kappa shape index (κ1) is 15.5. The standard InChI is InChI=1S/C17H28N2OS/c1-17(2,16-7-4-10-21-16)12-19-14-6-3-5-13(14)15-11-20-9-8-18-15/h4,7,10,13-15,18-19H,3,5-6,8-9,11-12H2,1-2H3. The molecule has 21 heavy (non-hydrogen) atoms. The van der Waals surface area contributed by atoms with E-state index in [1.54, 1.807) is 0 Å². The van der Waals surface area contributed by atoms with E-state index in [0.29, 0.717) is 12.1 Å². The van der Waals surface area contributed by atoms with Crippen molar-refractivity contribution in [1.29, 1.82) is 0 Å². The van der Waals surface area contributed by atoms with Crippen LogP contribution in [0.15, 0.2) is 17.5 Å². The highest BCUT2D eigenvalue weighted by molar-refractivity contribution is 7.10. The fraction of sp³-hybridized carbons (Fsp3) is 0.765. The molecule has 0 spiro atoms. The van der Waals surface area contributed by atoms with Gasteiger partial charge in [0.05, 0.1) is 13.2 Å². The monoisotopic (exact) mass is 308 g/mol. The Hall–Kier alpha value is -0.420. The van der Waals surface area contributed by atoms with E-state index < -0.39 is 0 Å². The van der Waals surface area contributed by atoms with E-state index >= 15 is 0 Å². The molecule has 3 rings (SSSR count). The Morgan fingerprint density at radius 1 is 1.43 bits per heavy atom. The van der Waals surface area contributed by atoms with Gasteiger partial charge in [-0.15, -0.1) is 11.3 Å². The summed E-state index contributed by atoms with van der Waals surface area (Å²) in [5.41, 5.74) is 0.220. The Morgan fingerprint density at radius 2 is 2.33 bits per heavy atom. The number of morpholine rings is 1. The largest absolute Gasteiger partial charge is 0.379 e. The lowest BCUT2D eigenvalue weighted by Gasteiger charge is -2.34. The van der Waals surface area contributed by atoms with Crippen molar-refractivity contribution >= 4 is 11.3 Å². The van der Waals surface area contributed by atoms with E-state index in [1.807, 2.05) is 11.3 Å². The first-order valence-corrected chi connectivity index (χ1v) is 9.13. The number of rotatable bonds is 5. The summed E-state index contributed by atoms with van der Waals surface area (Å²) in [6.45, 7) is 8.51. The van der Waals surface area contributed by atoms with Gasteiger partial charge in [0.25, 0.3) is 0 Å². The van der Waals surface area contributed by atoms with Crippen molar-refractivity contribution in [2.75, 3.05) is 26.3 Å². The lowest BCUT2D eigenvalue weighted by atomic mass is 9.89. The van der Waals surface area contributed by atoms with E-state index in [9.17, 15) is 0 Å². The van der Waals surface area contributed by atoms with Crippen LogP contribution in [0.4, 0.5) is 0 Å². The van der Waals surface area contributed by atoms with Crippen molar-refractivity contribution in [3.05, 3.63) is 22.4 Å². The van der Waals surface area contributed by atoms with Gasteiger partial charge in [-0.3, -0.25) is 0 Å². The van der Waals surface area contributed by atoms with Crippen LogP contribution in [0.3, 0.4) is 0 Å². The van der Waals surface area contributed by atoms with Gasteiger partial charge < -0.3 is 15.4 Å². The van der Waals surface area contributed by atoms with Crippen LogP contribution in [0.25, 0.3) is 0 Å². The minimum absolute atomic E-state index is 0.220. The Bertz CT molecular complexity index is 426. The van der Waals surface area contributed by atoms with Crippen LogP contribution in [-0.4, -0.2) is 38.4 Å². The average molecular weight is 308 g/mol. The van der Waals surface area contributed by atoms with E-state index in [1.165, 1.54) is 24.1 Å². The van der Waals surface area contributed by atoms with E-state index in [2.05, 4.69) is 42.0 Å². The molecule has 1 saturated carbocycles. The Morgan fingerprint density at radius 3 is 3.05 bits per heavy atom. The smallest absolute Gasteiger partial charge is 0.0623 e. The van der Waals surface area contributed by atoms with Crippen molar-refractivity contribution in [3.63, 3.8) is 0 Å². The summed E-state index contributed by atoms with van der Waals surface area (Å²) in [4.78, 5) is 1.48. The third-order valence-electron chi connectivity index (χ3n) is 5.03. The third kappa shape index (κ3) is 3.67. The molecular formula is C17H28N2OS. The fourth-order valence-corrected chi connectivity index (χ4v) is 4.57. The molecule has 1 aliphatic carbocycles. The topological polar surface area (TPSA) is 33.3 Å². The highest BCUT2D eigenvalue weighted by Crippen LogP contribution is 2.31. The van der Waals surface area contributed by atoms with Crippen molar-refractivity contribution in [2.24, 2.45) is 5.92 Å². The summed E-state index contributed by atoms with van der Waals surface area (Å²) >= 11 is 1.87. The number of hydrogen-bond donors (Lipinski definition) is 2. The van der Waals surface area contributed by atoms with Crippen LogP contribution >= 0.6 is 11.3 Å². The van der Waals surface area contributed by atoms with Gasteiger partial charge in [0.2, 0.25) is 0 Å². The molecule has 3 atom stereocenters. The summed E-state index contributed by atoms with van der Waals surface area (Å²) in [5, 5.41) is 9.70. The van der Waals surface area contributed by atoms with Crippen LogP contribution in [0.5, 0.6) is 0 Å². The maximum Gasteiger partial charge on any atom is 0.0623 e. The molecule has 118 valence electrons. The van der Waals surface area contributed by atoms with Gasteiger partial charge in [0.15, 0.2) is 0 Å². The van der Waals surface area contributed by atoms with Gasteiger partial charge in [-0.2, -0.15) is 0 Å². The second-order valence-electron chi connectivity index (χ2n) is 7.08. The first-order valence-electron chi connectivity index (χ1n) is 8.25. The molecule has 2 N–H and O–H groups in total. The number of nitrogens with one attached hydrogen (secondary N) is 2. The summed E-state index contributed by atoms with van der Waals surface area (Å²) in [5.74, 6) is 0.726. The molecule has 3 nitrogen and oxygen atoms in total. The molecule has 1 aromatic rings. The van der Waals surface area contributed by atoms with E-state index in [-0.39, 0.29) is 5.41 Å². The van der Waals surface area contributed by atoms with Crippen molar-refractivity contribution in [2.45, 2.75) is 50.6 Å². The zero-order valence-electron chi connectivity index (χ0n) is 13.2. The summed E-state index contributed by atoms with van der Waals surface area (Å²) in [6, 6.07) is 5.60. The highest BCUT2D eigenvalue weighted by atomic mass is 32.1. The Balaban J connectivity index is 1.56. The summed E-state index contributed by atoms with van der Waals surface area (Å²) in [6.07, 6.45) is 3.99. The van der Waals surface area contributed by atoms with Gasteiger partial charge in [0, 0.05) is 35.5 Å². The second kappa shape index (κ2) is 6.78.